The summed E-state index contributed by atoms with van der Waals surface area (Å²) in [5.74, 6) is -16.0. The number of rotatable bonds is 15. The monoisotopic (exact) mass is 1560 g/mol. The number of hydrogen-bond acceptors (Lipinski definition) is 29. The van der Waals surface area contributed by atoms with E-state index in [9.17, 15) is 80.5 Å². The first-order chi connectivity index (χ1) is 51.9. The summed E-state index contributed by atoms with van der Waals surface area (Å²) in [6, 6.07) is 0.905. The molecule has 5 aromatic rings. The Hall–Kier alpha value is -9.65. The largest absolute Gasteiger partial charge is 0.508 e. The van der Waals surface area contributed by atoms with Gasteiger partial charge in [0.15, 0.2) is 36.2 Å². The first-order valence-corrected chi connectivity index (χ1v) is 35.3. The van der Waals surface area contributed by atoms with Gasteiger partial charge in [-0.15, -0.1) is 0 Å². The summed E-state index contributed by atoms with van der Waals surface area (Å²) in [5, 5.41) is 153. The minimum absolute atomic E-state index is 0.0709. The molecule has 3 fully saturated rings. The number of benzene rings is 5. The molecule has 110 heavy (non-hydrogen) atoms. The molecular formula is C72H86ClN9O28. The van der Waals surface area contributed by atoms with Gasteiger partial charge in [-0.25, -0.2) is 4.79 Å². The van der Waals surface area contributed by atoms with Crippen LogP contribution in [0.15, 0.2) is 84.9 Å². The number of phenols is 3. The van der Waals surface area contributed by atoms with Gasteiger partial charge >= 0.3 is 5.97 Å². The molecule has 0 unspecified atom stereocenters. The van der Waals surface area contributed by atoms with Crippen molar-refractivity contribution in [2.24, 2.45) is 17.4 Å². The molecule has 8 aliphatic heterocycles. The highest BCUT2D eigenvalue weighted by atomic mass is 35.5. The summed E-state index contributed by atoms with van der Waals surface area (Å²) in [6.07, 6.45) is -28.3. The van der Waals surface area contributed by atoms with Gasteiger partial charge in [-0.05, 0) is 117 Å². The summed E-state index contributed by atoms with van der Waals surface area (Å²) in [4.78, 5) is 119. The number of halogens is 1. The molecule has 5 aromatic carbocycles. The van der Waals surface area contributed by atoms with E-state index < -0.39 is 262 Å². The van der Waals surface area contributed by atoms with Crippen molar-refractivity contribution in [1.29, 1.82) is 0 Å². The number of aliphatic carboxylic acids is 1. The van der Waals surface area contributed by atoms with Gasteiger partial charge in [0.1, 0.15) is 108 Å². The van der Waals surface area contributed by atoms with Gasteiger partial charge in [0.2, 0.25) is 53.4 Å². The summed E-state index contributed by atoms with van der Waals surface area (Å²) in [6.45, 7) is 6.83. The molecule has 0 saturated carbocycles. The second-order valence-corrected chi connectivity index (χ2v) is 28.8. The molecule has 23 atom stereocenters. The Morgan fingerprint density at radius 3 is 1.97 bits per heavy atom. The standard InChI is InChI=1S/C72H86ClN9O28/c1-25(2)15-37(76-6)63(95)81-51-54(89)30-10-14-41(36(73)17-30)106-43-19-31-18-42(60(43)109-71-61(57(92)55(90)44(24-83)107-71)110-70-58(93)56(91)53(88)26(3)104-70)105-33-11-7-28(8-12-33)59(108-46-23-72(5,75)62(94)27(4)103-46)52-68(100)80-50(69(101)102)35-20-32(84)21-40(86)47(35)34-16-29(9-13-39(34)85)48(65(97)82-52)79-66(98)49(31)78-64(96)38(22-45(74)87)77-67(51)99/h7-14,16-21,25-27,37-38,44,46,48-59,61-62,70-71,76,83-86,88-94H,15,22-24,75H2,1-6H3,(H2,74,87)(H,77,99)(H,78,96)(H,79,98)(H,80,100)(H,81,95)(H,82,97)(H,101,102)/t26-,27+,37-,38+,44-,46+,48+,49-,50+,51+,52-,53-,54+,55+,56+,57+,58-,59-,61+,62+,70+,71+,72+/m1/s1. The van der Waals surface area contributed by atoms with E-state index in [1.807, 2.05) is 13.8 Å². The SMILES string of the molecule is CN[C@H](CC(C)C)C(=O)N[C@@H]1C(=O)N[C@@H](CC(N)=O)C(=O)N[C@H]2C(=O)N[C@@H]3C(=O)N[C@@H](C(=O)N[C@H](C(=O)O)c4cc(O)cc(O)c4-c4cc3ccc4O)[C@H](O[C@H]3C[C@](C)(N)[C@@H](O)[C@H](C)O3)c3ccc(cc3)Oc3cc2cc(c3O[C@@H]2O[C@H](CO)[C@H](O)[C@H](O)[C@@H]2O[C@@H]2O[C@H](C)[C@@H](O)[C@H](O)[C@H]2O)Oc2ccc(cc2Cl)[C@@H]1O. The van der Waals surface area contributed by atoms with Crippen LogP contribution < -0.4 is 62.9 Å². The van der Waals surface area contributed by atoms with Gasteiger partial charge < -0.3 is 148 Å². The Balaban J connectivity index is 1.18. The van der Waals surface area contributed by atoms with Gasteiger partial charge in [0, 0.05) is 34.7 Å². The summed E-state index contributed by atoms with van der Waals surface area (Å²) in [5.41, 5.74) is 8.22. The van der Waals surface area contributed by atoms with Gasteiger partial charge in [-0.3, -0.25) is 33.6 Å². The third-order valence-electron chi connectivity index (χ3n) is 19.8. The molecule has 8 heterocycles. The summed E-state index contributed by atoms with van der Waals surface area (Å²) >= 11 is 7.10. The first-order valence-electron chi connectivity index (χ1n) is 34.9. The van der Waals surface area contributed by atoms with E-state index in [0.29, 0.717) is 0 Å². The minimum Gasteiger partial charge on any atom is -0.508 e. The highest BCUT2D eigenvalue weighted by molar-refractivity contribution is 6.32. The van der Waals surface area contributed by atoms with E-state index in [4.69, 9.17) is 61.0 Å². The van der Waals surface area contributed by atoms with Crippen LogP contribution in [0.3, 0.4) is 0 Å². The zero-order valence-corrected chi connectivity index (χ0v) is 60.4. The molecule has 38 heteroatoms. The highest BCUT2D eigenvalue weighted by Crippen LogP contribution is 2.49. The van der Waals surface area contributed by atoms with Crippen LogP contribution in [0.2, 0.25) is 5.02 Å². The third kappa shape index (κ3) is 17.1. The molecular weight excluding hydrogens is 1470 g/mol. The fraction of sp³-hybridized carbons (Fsp3) is 0.472. The molecule has 0 aliphatic carbocycles. The molecule has 594 valence electrons. The number of carbonyl (C=O) groups is 8. The lowest BCUT2D eigenvalue weighted by Gasteiger charge is -2.45. The summed E-state index contributed by atoms with van der Waals surface area (Å²) in [7, 11) is 1.46. The van der Waals surface area contributed by atoms with Crippen molar-refractivity contribution in [3.8, 4) is 57.1 Å². The van der Waals surface area contributed by atoms with Crippen molar-refractivity contribution in [3.05, 3.63) is 118 Å². The number of aliphatic hydroxyl groups excluding tert-OH is 8. The van der Waals surface area contributed by atoms with Crippen molar-refractivity contribution >= 4 is 58.9 Å². The van der Waals surface area contributed by atoms with Gasteiger partial charge in [-0.2, -0.15) is 0 Å². The van der Waals surface area contributed by atoms with E-state index in [2.05, 4.69) is 37.2 Å². The van der Waals surface area contributed by atoms with Crippen LogP contribution in [0, 0.1) is 5.92 Å². The van der Waals surface area contributed by atoms with Crippen molar-refractivity contribution in [2.45, 2.75) is 194 Å². The molecule has 0 spiro atoms. The van der Waals surface area contributed by atoms with Crippen LogP contribution in [0.1, 0.15) is 112 Å². The maximum Gasteiger partial charge on any atom is 0.330 e. The van der Waals surface area contributed by atoms with Crippen molar-refractivity contribution in [1.82, 2.24) is 37.2 Å². The average molecular weight is 1560 g/mol. The van der Waals surface area contributed by atoms with E-state index in [1.165, 1.54) is 64.2 Å². The molecule has 7 amide bonds. The quantitative estimate of drug-likeness (QED) is 0.0556. The number of phenolic OH excluding ortho intramolecular Hbond substituents is 3. The van der Waals surface area contributed by atoms with Crippen LogP contribution in [0.5, 0.6) is 46.0 Å². The molecule has 8 aliphatic rings. The number of carboxylic acid groups (broad SMARTS) is 1. The number of primary amides is 1. The maximum atomic E-state index is 16.3. The number of aromatic hydroxyl groups is 3. The number of fused-ring (bicyclic) bond motifs is 15. The third-order valence-corrected chi connectivity index (χ3v) is 20.1. The first kappa shape index (κ1) is 81.3. The van der Waals surface area contributed by atoms with Crippen LogP contribution in [0.4, 0.5) is 0 Å². The lowest BCUT2D eigenvalue weighted by Crippen LogP contribution is -2.64. The van der Waals surface area contributed by atoms with Crippen molar-refractivity contribution < 1.29 is 138 Å². The van der Waals surface area contributed by atoms with Crippen molar-refractivity contribution in [3.63, 3.8) is 0 Å². The second-order valence-electron chi connectivity index (χ2n) is 28.4. The Bertz CT molecular complexity index is 4330. The number of nitrogens with two attached hydrogens (primary N) is 2. The topological polar surface area (TPSA) is 589 Å². The zero-order valence-electron chi connectivity index (χ0n) is 59.6. The number of carboxylic acids is 1. The molecule has 23 N–H and O–H groups in total. The molecule has 3 saturated heterocycles. The Morgan fingerprint density at radius 2 is 1.33 bits per heavy atom. The normalized spacial score (nSPS) is 32.2. The average Bonchev–Trinajstić information content (AvgIpc) is 0.763. The predicted octanol–water partition coefficient (Wildman–Crippen LogP) is -1.70. The molecule has 37 nitrogen and oxygen atoms in total. The Labute approximate surface area is 631 Å². The Morgan fingerprint density at radius 1 is 0.673 bits per heavy atom. The van der Waals surface area contributed by atoms with E-state index in [0.717, 1.165) is 48.5 Å². The lowest BCUT2D eigenvalue weighted by atomic mass is 9.86. The van der Waals surface area contributed by atoms with Gasteiger partial charge in [0.25, 0.3) is 0 Å². The number of amides is 7. The minimum atomic E-state index is -2.38. The van der Waals surface area contributed by atoms with Crippen LogP contribution in [0.25, 0.3) is 11.1 Å². The smallest absolute Gasteiger partial charge is 0.330 e. The Kier molecular flexibility index (Phi) is 24.5. The fourth-order valence-corrected chi connectivity index (χ4v) is 14.1. The maximum absolute atomic E-state index is 16.3. The van der Waals surface area contributed by atoms with Gasteiger partial charge in [-0.1, -0.05) is 49.7 Å². The fourth-order valence-electron chi connectivity index (χ4n) is 13.9. The van der Waals surface area contributed by atoms with Crippen LogP contribution in [-0.4, -0.2) is 232 Å². The number of hydrogen-bond donors (Lipinski definition) is 21. The zero-order chi connectivity index (χ0) is 80.0. The van der Waals surface area contributed by atoms with E-state index in [-0.39, 0.29) is 46.9 Å². The number of nitrogens with one attached hydrogen (secondary N) is 7. The number of ether oxygens (including phenoxy) is 8. The predicted molar refractivity (Wildman–Crippen MR) is 376 cm³/mol. The van der Waals surface area contributed by atoms with Crippen LogP contribution >= 0.6 is 11.6 Å². The van der Waals surface area contributed by atoms with Crippen molar-refractivity contribution in [2.75, 3.05) is 13.7 Å². The van der Waals surface area contributed by atoms with Crippen LogP contribution in [-0.2, 0) is 62.0 Å². The number of aliphatic hydroxyl groups is 8. The summed E-state index contributed by atoms with van der Waals surface area (Å²) < 4.78 is 50.8. The van der Waals surface area contributed by atoms with E-state index in [1.54, 1.807) is 0 Å². The lowest BCUT2D eigenvalue weighted by molar-refractivity contribution is -0.354. The number of likely N-dealkylation sites (N-methyl/N-ethyl adjacent to an activating group) is 1. The number of carbonyl (C=O) groups excluding carboxylic acids is 7. The highest BCUT2D eigenvalue weighted by Gasteiger charge is 2.53. The molecule has 0 aromatic heterocycles. The van der Waals surface area contributed by atoms with Gasteiger partial charge in [0.05, 0.1) is 42.4 Å². The molecule has 13 rings (SSSR count). The molecule has 0 radical (unpaired) electrons. The van der Waals surface area contributed by atoms with E-state index >= 15 is 19.2 Å². The second kappa shape index (κ2) is 33.1. The molecule has 11 bridgehead atoms.